The van der Waals surface area contributed by atoms with Crippen molar-refractivity contribution in [2.24, 2.45) is 0 Å². The average Bonchev–Trinajstić information content (AvgIpc) is 3.09. The Morgan fingerprint density at radius 1 is 1.23 bits per heavy atom. The maximum absolute atomic E-state index is 13.1. The molecule has 2 aromatic heterocycles. The van der Waals surface area contributed by atoms with Gasteiger partial charge in [0, 0.05) is 29.7 Å². The van der Waals surface area contributed by atoms with Gasteiger partial charge >= 0.3 is 0 Å². The predicted molar refractivity (Wildman–Crippen MR) is 117 cm³/mol. The maximum Gasteiger partial charge on any atom is 0.259 e. The van der Waals surface area contributed by atoms with Crippen molar-refractivity contribution in [3.05, 3.63) is 41.7 Å². The summed E-state index contributed by atoms with van der Waals surface area (Å²) in [5.74, 6) is 0.942. The zero-order valence-corrected chi connectivity index (χ0v) is 17.6. The topological polar surface area (TPSA) is 105 Å². The van der Waals surface area contributed by atoms with Gasteiger partial charge in [-0.3, -0.25) is 4.79 Å². The van der Waals surface area contributed by atoms with Gasteiger partial charge in [0.25, 0.3) is 5.91 Å². The molecule has 30 heavy (non-hydrogen) atoms. The summed E-state index contributed by atoms with van der Waals surface area (Å²) >= 11 is 0. The van der Waals surface area contributed by atoms with Gasteiger partial charge in [0.2, 0.25) is 5.95 Å². The highest BCUT2D eigenvalue weighted by Gasteiger charge is 2.21. The average molecular weight is 409 g/mol. The lowest BCUT2D eigenvalue weighted by Gasteiger charge is -2.26. The van der Waals surface area contributed by atoms with Gasteiger partial charge in [0.1, 0.15) is 5.82 Å². The van der Waals surface area contributed by atoms with E-state index in [2.05, 4.69) is 25.7 Å². The van der Waals surface area contributed by atoms with Gasteiger partial charge in [0.05, 0.1) is 22.9 Å². The van der Waals surface area contributed by atoms with Crippen LogP contribution in [0, 0.1) is 6.92 Å². The molecule has 1 saturated carbocycles. The van der Waals surface area contributed by atoms with Gasteiger partial charge in [0.15, 0.2) is 0 Å². The van der Waals surface area contributed by atoms with E-state index in [4.69, 9.17) is 0 Å². The van der Waals surface area contributed by atoms with Crippen LogP contribution < -0.4 is 10.6 Å². The molecule has 3 N–H and O–H groups in total. The highest BCUT2D eigenvalue weighted by molar-refractivity contribution is 6.11. The van der Waals surface area contributed by atoms with E-state index in [1.165, 1.54) is 0 Å². The number of rotatable bonds is 5. The predicted octanol–water partition coefficient (Wildman–Crippen LogP) is 3.68. The molecule has 0 spiro atoms. The van der Waals surface area contributed by atoms with E-state index in [1.54, 1.807) is 16.9 Å². The zero-order chi connectivity index (χ0) is 21.3. The number of aryl methyl sites for hydroxylation is 1. The molecule has 1 fully saturated rings. The summed E-state index contributed by atoms with van der Waals surface area (Å²) < 4.78 is 1.80. The van der Waals surface area contributed by atoms with Crippen molar-refractivity contribution < 1.29 is 9.90 Å². The molecule has 1 aliphatic carbocycles. The summed E-state index contributed by atoms with van der Waals surface area (Å²) in [6.07, 6.45) is 4.84. The third-order valence-corrected chi connectivity index (χ3v) is 5.47. The van der Waals surface area contributed by atoms with Gasteiger partial charge in [-0.25, -0.2) is 14.6 Å². The Hall–Kier alpha value is -3.00. The summed E-state index contributed by atoms with van der Waals surface area (Å²) in [5.41, 5.74) is 1.95. The Labute approximate surface area is 175 Å². The van der Waals surface area contributed by atoms with Crippen LogP contribution in [0.25, 0.3) is 10.9 Å². The van der Waals surface area contributed by atoms with Crippen LogP contribution in [0.1, 0.15) is 61.6 Å². The number of nitrogens with one attached hydrogen (secondary N) is 2. The van der Waals surface area contributed by atoms with Gasteiger partial charge in [-0.05, 0) is 52.5 Å². The summed E-state index contributed by atoms with van der Waals surface area (Å²) in [6, 6.07) is 7.73. The number of fused-ring (bicyclic) bond motifs is 1. The highest BCUT2D eigenvalue weighted by Crippen LogP contribution is 2.24. The monoisotopic (exact) mass is 408 g/mol. The molecule has 0 radical (unpaired) electrons. The third-order valence-electron chi connectivity index (χ3n) is 5.47. The highest BCUT2D eigenvalue weighted by atomic mass is 16.3. The summed E-state index contributed by atoms with van der Waals surface area (Å²) in [4.78, 5) is 22.1. The lowest BCUT2D eigenvalue weighted by molar-refractivity contribution is 0.102. The molecule has 1 aliphatic rings. The van der Waals surface area contributed by atoms with E-state index in [0.29, 0.717) is 22.8 Å². The largest absolute Gasteiger partial charge is 0.393 e. The molecule has 0 atom stereocenters. The number of para-hydroxylation sites is 1. The minimum absolute atomic E-state index is 0.133. The number of hydrogen-bond acceptors (Lipinski definition) is 6. The lowest BCUT2D eigenvalue weighted by Crippen LogP contribution is -2.29. The standard InChI is InChI=1S/C22H28N6O2/c1-13(2)28-19(11-14(3)27-28)25-21(30)18-6-4-5-15-12-23-22(26-20(15)18)24-16-7-9-17(29)10-8-16/h4-6,11-13,16-17,29H,7-10H2,1-3H3,(H,25,30)(H,23,24,26)/t16-,17-. The van der Waals surface area contributed by atoms with Crippen molar-refractivity contribution in [1.82, 2.24) is 19.7 Å². The van der Waals surface area contributed by atoms with Crippen molar-refractivity contribution in [3.63, 3.8) is 0 Å². The molecular weight excluding hydrogens is 380 g/mol. The fourth-order valence-electron chi connectivity index (χ4n) is 3.90. The van der Waals surface area contributed by atoms with Gasteiger partial charge in [-0.1, -0.05) is 12.1 Å². The molecule has 1 aromatic carbocycles. The number of amides is 1. The first-order chi connectivity index (χ1) is 14.4. The van der Waals surface area contributed by atoms with Gasteiger partial charge in [-0.2, -0.15) is 5.10 Å². The Morgan fingerprint density at radius 2 is 2.00 bits per heavy atom. The van der Waals surface area contributed by atoms with Crippen molar-refractivity contribution in [2.45, 2.75) is 64.6 Å². The van der Waals surface area contributed by atoms with E-state index >= 15 is 0 Å². The van der Waals surface area contributed by atoms with E-state index in [1.807, 2.05) is 39.0 Å². The lowest BCUT2D eigenvalue weighted by atomic mass is 9.93. The number of benzene rings is 1. The number of aromatic nitrogens is 4. The van der Waals surface area contributed by atoms with E-state index in [9.17, 15) is 9.90 Å². The molecule has 0 bridgehead atoms. The molecule has 3 aromatic rings. The summed E-state index contributed by atoms with van der Waals surface area (Å²) in [6.45, 7) is 5.95. The van der Waals surface area contributed by atoms with Crippen LogP contribution >= 0.6 is 0 Å². The molecule has 0 unspecified atom stereocenters. The van der Waals surface area contributed by atoms with Crippen LogP contribution in [0.5, 0.6) is 0 Å². The normalized spacial score (nSPS) is 19.2. The molecule has 0 saturated heterocycles. The molecule has 0 aliphatic heterocycles. The van der Waals surface area contributed by atoms with Crippen molar-refractivity contribution in [1.29, 1.82) is 0 Å². The molecule has 158 valence electrons. The first-order valence-corrected chi connectivity index (χ1v) is 10.5. The number of aliphatic hydroxyl groups is 1. The minimum atomic E-state index is -0.229. The second kappa shape index (κ2) is 8.39. The van der Waals surface area contributed by atoms with Crippen molar-refractivity contribution in [3.8, 4) is 0 Å². The molecule has 8 nitrogen and oxygen atoms in total. The van der Waals surface area contributed by atoms with E-state index < -0.39 is 0 Å². The van der Waals surface area contributed by atoms with Crippen LogP contribution in [0.15, 0.2) is 30.5 Å². The van der Waals surface area contributed by atoms with Crippen molar-refractivity contribution >= 4 is 28.6 Å². The minimum Gasteiger partial charge on any atom is -0.393 e. The smallest absolute Gasteiger partial charge is 0.259 e. The Balaban J connectivity index is 1.60. The summed E-state index contributed by atoms with van der Waals surface area (Å²) in [5, 5.41) is 21.3. The molecular formula is C22H28N6O2. The van der Waals surface area contributed by atoms with Crippen molar-refractivity contribution in [2.75, 3.05) is 10.6 Å². The molecule has 4 rings (SSSR count). The second-order valence-electron chi connectivity index (χ2n) is 8.25. The van der Waals surface area contributed by atoms with Crippen LogP contribution in [0.2, 0.25) is 0 Å². The Kier molecular flexibility index (Phi) is 5.67. The zero-order valence-electron chi connectivity index (χ0n) is 17.6. The fourth-order valence-corrected chi connectivity index (χ4v) is 3.90. The van der Waals surface area contributed by atoms with E-state index in [0.717, 1.165) is 36.8 Å². The van der Waals surface area contributed by atoms with Gasteiger partial charge < -0.3 is 15.7 Å². The fraction of sp³-hybridized carbons (Fsp3) is 0.455. The number of aliphatic hydroxyl groups excluding tert-OH is 1. The van der Waals surface area contributed by atoms with Gasteiger partial charge in [-0.15, -0.1) is 0 Å². The SMILES string of the molecule is Cc1cc(NC(=O)c2cccc3cnc(N[C@H]4CC[C@H](O)CC4)nc23)n(C(C)C)n1. The molecule has 1 amide bonds. The second-order valence-corrected chi connectivity index (χ2v) is 8.25. The number of hydrogen-bond donors (Lipinski definition) is 3. The quantitative estimate of drug-likeness (QED) is 0.595. The van der Waals surface area contributed by atoms with Crippen LogP contribution in [0.3, 0.4) is 0 Å². The van der Waals surface area contributed by atoms with Crippen LogP contribution in [-0.4, -0.2) is 42.9 Å². The number of anilines is 2. The van der Waals surface area contributed by atoms with E-state index in [-0.39, 0.29) is 24.1 Å². The first-order valence-electron chi connectivity index (χ1n) is 10.5. The number of nitrogens with zero attached hydrogens (tertiary/aromatic N) is 4. The summed E-state index contributed by atoms with van der Waals surface area (Å²) in [7, 11) is 0. The first kappa shape index (κ1) is 20.3. The van der Waals surface area contributed by atoms with Crippen LogP contribution in [-0.2, 0) is 0 Å². The molecule has 8 heteroatoms. The number of carbonyl (C=O) groups is 1. The Bertz CT molecular complexity index is 1050. The Morgan fingerprint density at radius 3 is 2.73 bits per heavy atom. The van der Waals surface area contributed by atoms with Crippen LogP contribution in [0.4, 0.5) is 11.8 Å². The number of carbonyl (C=O) groups excluding carboxylic acids is 1. The third kappa shape index (κ3) is 4.28. The molecule has 2 heterocycles. The maximum atomic E-state index is 13.1.